The monoisotopic (exact) mass is 269 g/mol. The van der Waals surface area contributed by atoms with E-state index in [-0.39, 0.29) is 23.7 Å². The first kappa shape index (κ1) is 14.9. The summed E-state index contributed by atoms with van der Waals surface area (Å²) in [5.41, 5.74) is -0.740. The van der Waals surface area contributed by atoms with Gasteiger partial charge in [0.25, 0.3) is 0 Å². The van der Waals surface area contributed by atoms with Crippen molar-refractivity contribution in [2.45, 2.75) is 19.3 Å². The second-order valence-electron chi connectivity index (χ2n) is 3.82. The average molecular weight is 269 g/mol. The van der Waals surface area contributed by atoms with E-state index in [1.54, 1.807) is 0 Å². The highest BCUT2D eigenvalue weighted by atomic mass is 16.5. The van der Waals surface area contributed by atoms with Crippen LogP contribution in [-0.2, 0) is 0 Å². The zero-order chi connectivity index (χ0) is 14.3. The molecule has 7 heteroatoms. The lowest BCUT2D eigenvalue weighted by atomic mass is 10.2. The van der Waals surface area contributed by atoms with Crippen molar-refractivity contribution in [2.75, 3.05) is 13.2 Å². The third-order valence-corrected chi connectivity index (χ3v) is 2.31. The Balaban J connectivity index is 2.71. The molecule has 3 N–H and O–H groups in total. The SMILES string of the molecule is O=C(O)c1cc(OCCCCCO)cc(C(=O)O)n1. The van der Waals surface area contributed by atoms with Gasteiger partial charge >= 0.3 is 11.9 Å². The number of aliphatic hydroxyl groups is 1. The quantitative estimate of drug-likeness (QED) is 0.603. The molecule has 1 aromatic heterocycles. The first-order valence-corrected chi connectivity index (χ1v) is 5.77. The van der Waals surface area contributed by atoms with Crippen LogP contribution >= 0.6 is 0 Å². The van der Waals surface area contributed by atoms with Crippen molar-refractivity contribution in [1.29, 1.82) is 0 Å². The molecule has 0 spiro atoms. The summed E-state index contributed by atoms with van der Waals surface area (Å²) in [6, 6.07) is 2.36. The third-order valence-electron chi connectivity index (χ3n) is 2.31. The normalized spacial score (nSPS) is 10.2. The summed E-state index contributed by atoms with van der Waals surface area (Å²) in [5.74, 6) is -2.46. The summed E-state index contributed by atoms with van der Waals surface area (Å²) >= 11 is 0. The van der Waals surface area contributed by atoms with E-state index in [4.69, 9.17) is 20.1 Å². The summed E-state index contributed by atoms with van der Waals surface area (Å²) in [7, 11) is 0. The number of hydrogen-bond donors (Lipinski definition) is 3. The third kappa shape index (κ3) is 4.92. The molecule has 1 heterocycles. The number of aliphatic hydroxyl groups excluding tert-OH is 1. The van der Waals surface area contributed by atoms with Crippen molar-refractivity contribution < 1.29 is 29.6 Å². The first-order chi connectivity index (χ1) is 9.04. The molecule has 19 heavy (non-hydrogen) atoms. The van der Waals surface area contributed by atoms with Gasteiger partial charge in [0.1, 0.15) is 5.75 Å². The van der Waals surface area contributed by atoms with E-state index in [9.17, 15) is 9.59 Å². The number of ether oxygens (including phenoxy) is 1. The van der Waals surface area contributed by atoms with Crippen LogP contribution in [0.1, 0.15) is 40.2 Å². The Hall–Kier alpha value is -2.15. The number of carbonyl (C=O) groups is 2. The zero-order valence-corrected chi connectivity index (χ0v) is 10.2. The highest BCUT2D eigenvalue weighted by Gasteiger charge is 2.13. The van der Waals surface area contributed by atoms with Crippen molar-refractivity contribution in [3.8, 4) is 5.75 Å². The van der Waals surface area contributed by atoms with E-state index < -0.39 is 11.9 Å². The minimum atomic E-state index is -1.31. The molecule has 7 nitrogen and oxygen atoms in total. The largest absolute Gasteiger partial charge is 0.493 e. The van der Waals surface area contributed by atoms with Crippen molar-refractivity contribution in [3.63, 3.8) is 0 Å². The number of hydrogen-bond acceptors (Lipinski definition) is 5. The van der Waals surface area contributed by atoms with Gasteiger partial charge < -0.3 is 20.1 Å². The fourth-order valence-electron chi connectivity index (χ4n) is 1.39. The van der Waals surface area contributed by atoms with Crippen LogP contribution in [0.4, 0.5) is 0 Å². The number of rotatable bonds is 8. The second kappa shape index (κ2) is 7.32. The molecular formula is C12H15NO6. The molecule has 1 aromatic rings. The van der Waals surface area contributed by atoms with Crippen LogP contribution in [0.15, 0.2) is 12.1 Å². The maximum Gasteiger partial charge on any atom is 0.354 e. The molecule has 0 bridgehead atoms. The van der Waals surface area contributed by atoms with Crippen LogP contribution in [0.5, 0.6) is 5.75 Å². The number of carboxylic acid groups (broad SMARTS) is 2. The van der Waals surface area contributed by atoms with Gasteiger partial charge in [0.2, 0.25) is 0 Å². The van der Waals surface area contributed by atoms with Crippen LogP contribution in [0.2, 0.25) is 0 Å². The summed E-state index contributed by atoms with van der Waals surface area (Å²) in [6.07, 6.45) is 2.13. The Morgan fingerprint density at radius 2 is 1.63 bits per heavy atom. The number of nitrogens with zero attached hydrogens (tertiary/aromatic N) is 1. The maximum absolute atomic E-state index is 10.8. The minimum absolute atomic E-state index is 0.113. The fourth-order valence-corrected chi connectivity index (χ4v) is 1.39. The highest BCUT2D eigenvalue weighted by molar-refractivity contribution is 5.90. The van der Waals surface area contributed by atoms with E-state index in [2.05, 4.69) is 4.98 Å². The van der Waals surface area contributed by atoms with E-state index in [0.717, 1.165) is 6.42 Å². The first-order valence-electron chi connectivity index (χ1n) is 5.77. The van der Waals surface area contributed by atoms with E-state index >= 15 is 0 Å². The predicted molar refractivity (Wildman–Crippen MR) is 64.6 cm³/mol. The molecular weight excluding hydrogens is 254 g/mol. The molecule has 0 aliphatic carbocycles. The van der Waals surface area contributed by atoms with Crippen LogP contribution in [-0.4, -0.2) is 45.5 Å². The van der Waals surface area contributed by atoms with E-state index in [1.165, 1.54) is 12.1 Å². The topological polar surface area (TPSA) is 117 Å². The second-order valence-corrected chi connectivity index (χ2v) is 3.82. The molecule has 0 unspecified atom stereocenters. The molecule has 0 saturated heterocycles. The fraction of sp³-hybridized carbons (Fsp3) is 0.417. The standard InChI is InChI=1S/C12H15NO6/c14-4-2-1-3-5-19-8-6-9(11(15)16)13-10(7-8)12(17)18/h6-7,14H,1-5H2,(H,15,16)(H,17,18). The smallest absolute Gasteiger partial charge is 0.354 e. The average Bonchev–Trinajstić information content (AvgIpc) is 2.38. The predicted octanol–water partition coefficient (Wildman–Crippen LogP) is 1.02. The Labute approximate surface area is 109 Å². The molecule has 0 aliphatic heterocycles. The van der Waals surface area contributed by atoms with Crippen LogP contribution in [0.25, 0.3) is 0 Å². The Morgan fingerprint density at radius 3 is 2.11 bits per heavy atom. The summed E-state index contributed by atoms with van der Waals surface area (Å²) in [4.78, 5) is 25.1. The molecule has 1 rings (SSSR count). The Morgan fingerprint density at radius 1 is 1.05 bits per heavy atom. The van der Waals surface area contributed by atoms with Gasteiger partial charge in [-0.15, -0.1) is 0 Å². The minimum Gasteiger partial charge on any atom is -0.493 e. The van der Waals surface area contributed by atoms with Crippen LogP contribution in [0.3, 0.4) is 0 Å². The number of unbranched alkanes of at least 4 members (excludes halogenated alkanes) is 2. The molecule has 0 saturated carbocycles. The van der Waals surface area contributed by atoms with Crippen molar-refractivity contribution >= 4 is 11.9 Å². The molecule has 0 aliphatic rings. The van der Waals surface area contributed by atoms with Gasteiger partial charge in [0.15, 0.2) is 11.4 Å². The molecule has 104 valence electrons. The molecule has 0 radical (unpaired) electrons. The van der Waals surface area contributed by atoms with Gasteiger partial charge in [-0.25, -0.2) is 14.6 Å². The van der Waals surface area contributed by atoms with Crippen LogP contribution in [0, 0.1) is 0 Å². The van der Waals surface area contributed by atoms with E-state index in [1.807, 2.05) is 0 Å². The molecule has 0 amide bonds. The lowest BCUT2D eigenvalue weighted by molar-refractivity contribution is 0.0683. The summed E-state index contributed by atoms with van der Waals surface area (Å²) in [5, 5.41) is 26.2. The molecule has 0 aromatic carbocycles. The number of carboxylic acids is 2. The van der Waals surface area contributed by atoms with Crippen molar-refractivity contribution in [3.05, 3.63) is 23.5 Å². The van der Waals surface area contributed by atoms with Gasteiger partial charge in [0.05, 0.1) is 6.61 Å². The zero-order valence-electron chi connectivity index (χ0n) is 10.2. The Bertz CT molecular complexity index is 427. The molecule has 0 fully saturated rings. The number of aromatic carboxylic acids is 2. The number of pyridine rings is 1. The molecule has 0 atom stereocenters. The van der Waals surface area contributed by atoms with Gasteiger partial charge in [0, 0.05) is 18.7 Å². The lowest BCUT2D eigenvalue weighted by Gasteiger charge is -2.07. The van der Waals surface area contributed by atoms with Gasteiger partial charge in [-0.3, -0.25) is 0 Å². The van der Waals surface area contributed by atoms with Crippen molar-refractivity contribution in [1.82, 2.24) is 4.98 Å². The van der Waals surface area contributed by atoms with Gasteiger partial charge in [-0.05, 0) is 19.3 Å². The van der Waals surface area contributed by atoms with E-state index in [0.29, 0.717) is 19.4 Å². The summed E-state index contributed by atoms with van der Waals surface area (Å²) in [6.45, 7) is 0.434. The Kier molecular flexibility index (Phi) is 5.74. The lowest BCUT2D eigenvalue weighted by Crippen LogP contribution is -2.09. The maximum atomic E-state index is 10.8. The van der Waals surface area contributed by atoms with Gasteiger partial charge in [-0.2, -0.15) is 0 Å². The van der Waals surface area contributed by atoms with Crippen molar-refractivity contribution in [2.24, 2.45) is 0 Å². The van der Waals surface area contributed by atoms with Crippen LogP contribution < -0.4 is 4.74 Å². The summed E-state index contributed by atoms with van der Waals surface area (Å²) < 4.78 is 5.29. The number of aromatic nitrogens is 1. The highest BCUT2D eigenvalue weighted by Crippen LogP contribution is 2.15. The van der Waals surface area contributed by atoms with Gasteiger partial charge in [-0.1, -0.05) is 0 Å².